The molecule has 4 heteroatoms. The number of fused-ring (bicyclic) bond motifs is 1. The third-order valence-electron chi connectivity index (χ3n) is 3.98. The zero-order chi connectivity index (χ0) is 12.6. The van der Waals surface area contributed by atoms with Crippen LogP contribution in [0.25, 0.3) is 10.8 Å². The Hall–Kier alpha value is -1.35. The van der Waals surface area contributed by atoms with Crippen molar-refractivity contribution in [3.8, 4) is 0 Å². The fourth-order valence-electron chi connectivity index (χ4n) is 2.31. The van der Waals surface area contributed by atoms with E-state index in [9.17, 15) is 0 Å². The van der Waals surface area contributed by atoms with Crippen molar-refractivity contribution in [1.82, 2.24) is 10.2 Å². The topological polar surface area (TPSA) is 37.8 Å². The number of benzene rings is 1. The Morgan fingerprint density at radius 2 is 1.94 bits per heavy atom. The van der Waals surface area contributed by atoms with Crippen molar-refractivity contribution < 1.29 is 0 Å². The number of rotatable bonds is 4. The Morgan fingerprint density at radius 3 is 2.61 bits per heavy atom. The van der Waals surface area contributed by atoms with Gasteiger partial charge in [-0.25, -0.2) is 0 Å². The van der Waals surface area contributed by atoms with Crippen LogP contribution < -0.4 is 5.32 Å². The first-order valence-corrected chi connectivity index (χ1v) is 6.77. The van der Waals surface area contributed by atoms with Gasteiger partial charge in [-0.3, -0.25) is 0 Å². The Bertz CT molecular complexity index is 578. The molecular formula is C14H16ClN3. The molecule has 18 heavy (non-hydrogen) atoms. The first kappa shape index (κ1) is 11.7. The molecule has 1 N–H and O–H groups in total. The second kappa shape index (κ2) is 4.39. The van der Waals surface area contributed by atoms with Crippen molar-refractivity contribution in [3.63, 3.8) is 0 Å². The second-order valence-electron chi connectivity index (χ2n) is 5.09. The molecule has 0 bridgehead atoms. The molecule has 0 aliphatic heterocycles. The monoisotopic (exact) mass is 261 g/mol. The van der Waals surface area contributed by atoms with E-state index in [0.717, 1.165) is 23.1 Å². The van der Waals surface area contributed by atoms with E-state index in [2.05, 4.69) is 22.4 Å². The van der Waals surface area contributed by atoms with E-state index in [1.54, 1.807) is 0 Å². The summed E-state index contributed by atoms with van der Waals surface area (Å²) in [5, 5.41) is 14.1. The molecule has 0 saturated heterocycles. The molecule has 2 aromatic rings. The van der Waals surface area contributed by atoms with E-state index in [-0.39, 0.29) is 0 Å². The summed E-state index contributed by atoms with van der Waals surface area (Å²) in [5.41, 5.74) is 0.489. The van der Waals surface area contributed by atoms with Gasteiger partial charge in [0.1, 0.15) is 0 Å². The first-order chi connectivity index (χ1) is 8.74. The van der Waals surface area contributed by atoms with Crippen LogP contribution in [0.15, 0.2) is 24.3 Å². The lowest BCUT2D eigenvalue weighted by Gasteiger charge is -2.14. The molecule has 0 radical (unpaired) electrons. The average Bonchev–Trinajstić information content (AvgIpc) is 3.19. The Kier molecular flexibility index (Phi) is 2.86. The molecule has 1 saturated carbocycles. The zero-order valence-corrected chi connectivity index (χ0v) is 11.2. The van der Waals surface area contributed by atoms with E-state index in [1.807, 2.05) is 24.3 Å². The maximum Gasteiger partial charge on any atom is 0.159 e. The molecule has 1 fully saturated rings. The Labute approximate surface area is 112 Å². The Balaban J connectivity index is 1.90. The minimum absolute atomic E-state index is 0.466. The number of halogens is 1. The molecule has 0 atom stereocenters. The predicted molar refractivity (Wildman–Crippen MR) is 75.0 cm³/mol. The molecule has 1 aliphatic carbocycles. The lowest BCUT2D eigenvalue weighted by molar-refractivity contribution is 0.520. The van der Waals surface area contributed by atoms with Crippen molar-refractivity contribution in [1.29, 1.82) is 0 Å². The molecule has 0 spiro atoms. The van der Waals surface area contributed by atoms with Gasteiger partial charge in [-0.2, -0.15) is 0 Å². The summed E-state index contributed by atoms with van der Waals surface area (Å²) in [6.45, 7) is 3.23. The lowest BCUT2D eigenvalue weighted by Crippen LogP contribution is -2.15. The maximum atomic E-state index is 6.06. The van der Waals surface area contributed by atoms with Crippen LogP contribution in [0, 0.1) is 5.41 Å². The summed E-state index contributed by atoms with van der Waals surface area (Å²) in [5.74, 6) is 0.842. The standard InChI is InChI=1S/C14H16ClN3/c1-2-14(7-8-14)9-16-13-11-6-4-3-5-10(11)12(15)17-18-13/h3-6H,2,7-9H2,1H3,(H,16,18). The van der Waals surface area contributed by atoms with Gasteiger partial charge in [0.25, 0.3) is 0 Å². The highest BCUT2D eigenvalue weighted by molar-refractivity contribution is 6.34. The highest BCUT2D eigenvalue weighted by atomic mass is 35.5. The number of nitrogens with zero attached hydrogens (tertiary/aromatic N) is 2. The third-order valence-corrected chi connectivity index (χ3v) is 4.26. The fourth-order valence-corrected chi connectivity index (χ4v) is 2.51. The number of hydrogen-bond donors (Lipinski definition) is 1. The molecule has 94 valence electrons. The zero-order valence-electron chi connectivity index (χ0n) is 10.4. The summed E-state index contributed by atoms with van der Waals surface area (Å²) in [6, 6.07) is 7.97. The van der Waals surface area contributed by atoms with Crippen LogP contribution in [0.5, 0.6) is 0 Å². The summed E-state index contributed by atoms with van der Waals surface area (Å²) in [4.78, 5) is 0. The summed E-state index contributed by atoms with van der Waals surface area (Å²) in [6.07, 6.45) is 3.85. The van der Waals surface area contributed by atoms with Crippen molar-refractivity contribution in [2.75, 3.05) is 11.9 Å². The quantitative estimate of drug-likeness (QED) is 0.907. The van der Waals surface area contributed by atoms with Crippen LogP contribution >= 0.6 is 11.6 Å². The molecule has 0 unspecified atom stereocenters. The number of hydrogen-bond acceptors (Lipinski definition) is 3. The third kappa shape index (κ3) is 2.03. The van der Waals surface area contributed by atoms with Crippen LogP contribution in [0.3, 0.4) is 0 Å². The van der Waals surface area contributed by atoms with Crippen molar-refractivity contribution in [2.45, 2.75) is 26.2 Å². The van der Waals surface area contributed by atoms with Crippen LogP contribution in [0.1, 0.15) is 26.2 Å². The minimum atomic E-state index is 0.466. The SMILES string of the molecule is CCC1(CNc2nnc(Cl)c3ccccc23)CC1. The number of anilines is 1. The lowest BCUT2D eigenvalue weighted by atomic mass is 10.0. The largest absolute Gasteiger partial charge is 0.368 e. The molecule has 1 aliphatic rings. The van der Waals surface area contributed by atoms with Gasteiger partial charge in [0.05, 0.1) is 0 Å². The normalized spacial score (nSPS) is 16.8. The minimum Gasteiger partial charge on any atom is -0.368 e. The molecule has 3 rings (SSSR count). The average molecular weight is 262 g/mol. The predicted octanol–water partition coefficient (Wildman–Crippen LogP) is 3.89. The molecule has 1 aromatic carbocycles. The van der Waals surface area contributed by atoms with E-state index in [4.69, 9.17) is 11.6 Å². The van der Waals surface area contributed by atoms with E-state index in [0.29, 0.717) is 10.6 Å². The van der Waals surface area contributed by atoms with E-state index < -0.39 is 0 Å². The van der Waals surface area contributed by atoms with Crippen molar-refractivity contribution in [3.05, 3.63) is 29.4 Å². The summed E-state index contributed by atoms with van der Waals surface area (Å²) in [7, 11) is 0. The van der Waals surface area contributed by atoms with Gasteiger partial charge in [-0.15, -0.1) is 10.2 Å². The van der Waals surface area contributed by atoms with Crippen LogP contribution in [-0.4, -0.2) is 16.7 Å². The van der Waals surface area contributed by atoms with Crippen molar-refractivity contribution in [2.24, 2.45) is 5.41 Å². The van der Waals surface area contributed by atoms with Gasteiger partial charge in [0.2, 0.25) is 0 Å². The number of aromatic nitrogens is 2. The highest BCUT2D eigenvalue weighted by Crippen LogP contribution is 2.48. The van der Waals surface area contributed by atoms with Gasteiger partial charge in [-0.1, -0.05) is 42.8 Å². The van der Waals surface area contributed by atoms with Crippen LogP contribution in [0.2, 0.25) is 5.15 Å². The first-order valence-electron chi connectivity index (χ1n) is 6.39. The molecular weight excluding hydrogens is 246 g/mol. The Morgan fingerprint density at radius 1 is 1.22 bits per heavy atom. The van der Waals surface area contributed by atoms with Gasteiger partial charge >= 0.3 is 0 Å². The smallest absolute Gasteiger partial charge is 0.159 e. The van der Waals surface area contributed by atoms with Crippen LogP contribution in [0.4, 0.5) is 5.82 Å². The highest BCUT2D eigenvalue weighted by Gasteiger charge is 2.40. The van der Waals surface area contributed by atoms with Crippen molar-refractivity contribution >= 4 is 28.2 Å². The second-order valence-corrected chi connectivity index (χ2v) is 5.45. The number of nitrogens with one attached hydrogen (secondary N) is 1. The van der Waals surface area contributed by atoms with E-state index in [1.165, 1.54) is 19.3 Å². The molecule has 1 heterocycles. The fraction of sp³-hybridized carbons (Fsp3) is 0.429. The van der Waals surface area contributed by atoms with E-state index >= 15 is 0 Å². The molecule has 3 nitrogen and oxygen atoms in total. The van der Waals surface area contributed by atoms with Gasteiger partial charge < -0.3 is 5.32 Å². The summed E-state index contributed by atoms with van der Waals surface area (Å²) < 4.78 is 0. The maximum absolute atomic E-state index is 6.06. The van der Waals surface area contributed by atoms with Crippen LogP contribution in [-0.2, 0) is 0 Å². The summed E-state index contributed by atoms with van der Waals surface area (Å²) >= 11 is 6.06. The molecule has 1 aromatic heterocycles. The van der Waals surface area contributed by atoms with Gasteiger partial charge in [-0.05, 0) is 24.7 Å². The molecule has 0 amide bonds. The van der Waals surface area contributed by atoms with Gasteiger partial charge in [0.15, 0.2) is 11.0 Å². The van der Waals surface area contributed by atoms with Gasteiger partial charge in [0, 0.05) is 17.3 Å².